The fraction of sp³-hybridized carbons (Fsp3) is 0.692. The Bertz CT molecular complexity index is 531. The molecule has 0 spiro atoms. The summed E-state index contributed by atoms with van der Waals surface area (Å²) in [6.45, 7) is 7.22. The lowest BCUT2D eigenvalue weighted by Gasteiger charge is -2.06. The summed E-state index contributed by atoms with van der Waals surface area (Å²) in [4.78, 5) is 1.12. The van der Waals surface area contributed by atoms with Gasteiger partial charge in [0.25, 0.3) is 0 Å². The third kappa shape index (κ3) is 4.27. The van der Waals surface area contributed by atoms with Gasteiger partial charge in [-0.3, -0.25) is 0 Å². The number of sulfonamides is 1. The first-order valence-corrected chi connectivity index (χ1v) is 9.01. The summed E-state index contributed by atoms with van der Waals surface area (Å²) in [5.41, 5.74) is 1.06. The summed E-state index contributed by atoms with van der Waals surface area (Å²) in [7, 11) is -3.34. The Balaban J connectivity index is 2.04. The third-order valence-corrected chi connectivity index (χ3v) is 6.21. The van der Waals surface area contributed by atoms with E-state index in [0.29, 0.717) is 22.7 Å². The molecule has 0 aliphatic heterocycles. The molecule has 0 atom stereocenters. The van der Waals surface area contributed by atoms with Gasteiger partial charge in [0.1, 0.15) is 4.21 Å². The number of thiophene rings is 1. The molecule has 1 saturated carbocycles. The molecule has 4 nitrogen and oxygen atoms in total. The molecule has 0 saturated heterocycles. The van der Waals surface area contributed by atoms with Crippen LogP contribution in [0.15, 0.2) is 10.3 Å². The van der Waals surface area contributed by atoms with Crippen LogP contribution in [0.3, 0.4) is 0 Å². The second-order valence-corrected chi connectivity index (χ2v) is 8.70. The molecule has 0 radical (unpaired) electrons. The highest BCUT2D eigenvalue weighted by Crippen LogP contribution is 2.27. The zero-order chi connectivity index (χ0) is 14.0. The molecule has 0 amide bonds. The van der Waals surface area contributed by atoms with Crippen LogP contribution < -0.4 is 10.0 Å². The molecule has 0 aromatic carbocycles. The Kier molecular flexibility index (Phi) is 4.66. The van der Waals surface area contributed by atoms with Gasteiger partial charge in [0.15, 0.2) is 0 Å². The zero-order valence-electron chi connectivity index (χ0n) is 11.7. The van der Waals surface area contributed by atoms with Gasteiger partial charge in [-0.2, -0.15) is 0 Å². The van der Waals surface area contributed by atoms with Crippen LogP contribution in [0, 0.1) is 12.8 Å². The third-order valence-electron chi connectivity index (χ3n) is 3.07. The van der Waals surface area contributed by atoms with Gasteiger partial charge in [0.2, 0.25) is 10.0 Å². The van der Waals surface area contributed by atoms with E-state index >= 15 is 0 Å². The molecule has 0 bridgehead atoms. The van der Waals surface area contributed by atoms with Gasteiger partial charge >= 0.3 is 0 Å². The molecule has 1 aliphatic carbocycles. The van der Waals surface area contributed by atoms with Gasteiger partial charge in [-0.25, -0.2) is 13.1 Å². The molecular weight excluding hydrogens is 280 g/mol. The maximum absolute atomic E-state index is 12.1. The first-order valence-electron chi connectivity index (χ1n) is 6.71. The van der Waals surface area contributed by atoms with Crippen LogP contribution in [-0.4, -0.2) is 21.0 Å². The topological polar surface area (TPSA) is 58.2 Å². The summed E-state index contributed by atoms with van der Waals surface area (Å²) in [5, 5.41) is 3.42. The highest BCUT2D eigenvalue weighted by atomic mass is 32.2. The van der Waals surface area contributed by atoms with Crippen molar-refractivity contribution in [3.8, 4) is 0 Å². The zero-order valence-corrected chi connectivity index (χ0v) is 13.3. The minimum absolute atomic E-state index is 0.312. The van der Waals surface area contributed by atoms with Gasteiger partial charge in [-0.15, -0.1) is 11.3 Å². The number of rotatable bonds is 7. The van der Waals surface area contributed by atoms with Gasteiger partial charge < -0.3 is 5.32 Å². The van der Waals surface area contributed by atoms with Crippen LogP contribution in [0.2, 0.25) is 0 Å². The number of nitrogens with one attached hydrogen (secondary N) is 2. The van der Waals surface area contributed by atoms with Crippen LogP contribution in [0.4, 0.5) is 0 Å². The van der Waals surface area contributed by atoms with Crippen molar-refractivity contribution >= 4 is 21.4 Å². The second-order valence-electron chi connectivity index (χ2n) is 5.57. The van der Waals surface area contributed by atoms with Gasteiger partial charge in [-0.05, 0) is 37.3 Å². The Morgan fingerprint density at radius 1 is 1.42 bits per heavy atom. The van der Waals surface area contributed by atoms with Crippen molar-refractivity contribution in [3.05, 3.63) is 16.5 Å². The van der Waals surface area contributed by atoms with Gasteiger partial charge in [-0.1, -0.05) is 13.8 Å². The first kappa shape index (κ1) is 15.0. The molecule has 1 fully saturated rings. The van der Waals surface area contributed by atoms with Gasteiger partial charge in [0.05, 0.1) is 0 Å². The van der Waals surface area contributed by atoms with Crippen LogP contribution in [0.1, 0.15) is 37.1 Å². The maximum atomic E-state index is 12.1. The minimum atomic E-state index is -3.34. The highest BCUT2D eigenvalue weighted by molar-refractivity contribution is 7.91. The lowest BCUT2D eigenvalue weighted by Crippen LogP contribution is -2.26. The Morgan fingerprint density at radius 2 is 2.11 bits per heavy atom. The number of aryl methyl sites for hydroxylation is 1. The Morgan fingerprint density at radius 3 is 2.68 bits per heavy atom. The molecular formula is C13H22N2O2S2. The minimum Gasteiger partial charge on any atom is -0.309 e. The van der Waals surface area contributed by atoms with Gasteiger partial charge in [0, 0.05) is 24.0 Å². The monoisotopic (exact) mass is 302 g/mol. The van der Waals surface area contributed by atoms with Crippen LogP contribution in [0.25, 0.3) is 0 Å². The second kappa shape index (κ2) is 5.91. The maximum Gasteiger partial charge on any atom is 0.250 e. The Labute approximate surface area is 119 Å². The summed E-state index contributed by atoms with van der Waals surface area (Å²) in [5.74, 6) is 0.312. The molecule has 1 aliphatic rings. The van der Waals surface area contributed by atoms with Crippen molar-refractivity contribution in [2.24, 2.45) is 5.92 Å². The smallest absolute Gasteiger partial charge is 0.250 e. The average Bonchev–Trinajstić information content (AvgIpc) is 3.08. The molecule has 19 heavy (non-hydrogen) atoms. The van der Waals surface area contributed by atoms with E-state index in [1.54, 1.807) is 6.07 Å². The van der Waals surface area contributed by atoms with Crippen LogP contribution in [0.5, 0.6) is 0 Å². The molecule has 0 unspecified atom stereocenters. The molecule has 1 heterocycles. The fourth-order valence-corrected chi connectivity index (χ4v) is 4.47. The van der Waals surface area contributed by atoms with Crippen molar-refractivity contribution in [1.29, 1.82) is 0 Å². The van der Waals surface area contributed by atoms with Crippen molar-refractivity contribution in [3.63, 3.8) is 0 Å². The fourth-order valence-electron chi connectivity index (χ4n) is 1.67. The summed E-state index contributed by atoms with van der Waals surface area (Å²) in [6, 6.07) is 2.41. The first-order chi connectivity index (χ1) is 8.88. The lowest BCUT2D eigenvalue weighted by atomic mass is 10.2. The van der Waals surface area contributed by atoms with Crippen LogP contribution in [-0.2, 0) is 16.6 Å². The van der Waals surface area contributed by atoms with E-state index in [9.17, 15) is 8.42 Å². The molecule has 6 heteroatoms. The van der Waals surface area contributed by atoms with E-state index in [0.717, 1.165) is 17.0 Å². The normalized spacial score (nSPS) is 16.2. The quantitative estimate of drug-likeness (QED) is 0.812. The average molecular weight is 302 g/mol. The molecule has 1 aromatic rings. The van der Waals surface area contributed by atoms with E-state index < -0.39 is 10.0 Å². The van der Waals surface area contributed by atoms with Crippen molar-refractivity contribution in [2.45, 2.75) is 50.4 Å². The summed E-state index contributed by atoms with van der Waals surface area (Å²) < 4.78 is 27.3. The lowest BCUT2D eigenvalue weighted by molar-refractivity contribution is 0.562. The standard InChI is InChI=1S/C13H22N2O2S2/c1-9(2)7-15-19(16,17)13-6-10(3)12(18-13)8-14-11-4-5-11/h6,9,11,14-15H,4-5,7-8H2,1-3H3. The van der Waals surface area contributed by atoms with E-state index in [1.165, 1.54) is 24.2 Å². The predicted molar refractivity (Wildman–Crippen MR) is 78.9 cm³/mol. The molecule has 108 valence electrons. The van der Waals surface area contributed by atoms with E-state index in [2.05, 4.69) is 10.0 Å². The molecule has 2 N–H and O–H groups in total. The summed E-state index contributed by atoms with van der Waals surface area (Å²) >= 11 is 1.37. The predicted octanol–water partition coefficient (Wildman–Crippen LogP) is 2.24. The SMILES string of the molecule is Cc1cc(S(=O)(=O)NCC(C)C)sc1CNC1CC1. The van der Waals surface area contributed by atoms with Crippen LogP contribution >= 0.6 is 11.3 Å². The van der Waals surface area contributed by atoms with Crippen molar-refractivity contribution < 1.29 is 8.42 Å². The number of hydrogen-bond acceptors (Lipinski definition) is 4. The van der Waals surface area contributed by atoms with E-state index in [1.807, 2.05) is 20.8 Å². The molecule has 1 aromatic heterocycles. The van der Waals surface area contributed by atoms with E-state index in [-0.39, 0.29) is 0 Å². The van der Waals surface area contributed by atoms with Crippen molar-refractivity contribution in [1.82, 2.24) is 10.0 Å². The summed E-state index contributed by atoms with van der Waals surface area (Å²) in [6.07, 6.45) is 2.48. The van der Waals surface area contributed by atoms with E-state index in [4.69, 9.17) is 0 Å². The largest absolute Gasteiger partial charge is 0.309 e. The number of hydrogen-bond donors (Lipinski definition) is 2. The Hall–Kier alpha value is -0.430. The molecule has 2 rings (SSSR count). The highest BCUT2D eigenvalue weighted by Gasteiger charge is 2.22. The van der Waals surface area contributed by atoms with Crippen molar-refractivity contribution in [2.75, 3.05) is 6.54 Å².